The minimum atomic E-state index is -0.887. The number of carboxylic acids is 1. The number of aryl methyl sites for hydroxylation is 1. The molecule has 0 fully saturated rings. The topological polar surface area (TPSA) is 94.0 Å². The summed E-state index contributed by atoms with van der Waals surface area (Å²) in [5.41, 5.74) is 0. The Labute approximate surface area is 101 Å². The van der Waals surface area contributed by atoms with Gasteiger partial charge >= 0.3 is 5.97 Å². The minimum Gasteiger partial charge on any atom is -0.481 e. The number of carbonyl (C=O) groups is 1. The summed E-state index contributed by atoms with van der Waals surface area (Å²) in [6.45, 7) is 2.25. The number of hydrogen-bond acceptors (Lipinski definition) is 6. The molecule has 1 N–H and O–H groups in total. The molecular formula is C9H10N4O3S. The van der Waals surface area contributed by atoms with Crippen LogP contribution < -0.4 is 0 Å². The minimum absolute atomic E-state index is 0.0471. The van der Waals surface area contributed by atoms with Gasteiger partial charge in [0.05, 0.1) is 18.5 Å². The lowest BCUT2D eigenvalue weighted by atomic mass is 10.4. The molecule has 2 aromatic heterocycles. The molecule has 2 heterocycles. The zero-order valence-corrected chi connectivity index (χ0v) is 9.85. The summed E-state index contributed by atoms with van der Waals surface area (Å²) in [7, 11) is 0. The van der Waals surface area contributed by atoms with Crippen LogP contribution in [0.5, 0.6) is 0 Å². The third-order valence-electron chi connectivity index (χ3n) is 2.03. The van der Waals surface area contributed by atoms with Gasteiger partial charge in [0, 0.05) is 6.07 Å². The quantitative estimate of drug-likeness (QED) is 0.788. The molecule has 0 aliphatic carbocycles. The molecule has 90 valence electrons. The molecule has 0 saturated heterocycles. The Balaban J connectivity index is 2.14. The molecular weight excluding hydrogens is 244 g/mol. The molecule has 0 aliphatic rings. The molecule has 0 saturated carbocycles. The van der Waals surface area contributed by atoms with Gasteiger partial charge in [0.25, 0.3) is 0 Å². The Morgan fingerprint density at radius 2 is 2.41 bits per heavy atom. The van der Waals surface area contributed by atoms with E-state index >= 15 is 0 Å². The lowest BCUT2D eigenvalue weighted by Gasteiger charge is -2.04. The van der Waals surface area contributed by atoms with Crippen molar-refractivity contribution in [2.75, 3.05) is 5.75 Å². The lowest BCUT2D eigenvalue weighted by Crippen LogP contribution is -2.05. The highest BCUT2D eigenvalue weighted by Gasteiger charge is 2.12. The van der Waals surface area contributed by atoms with Crippen LogP contribution in [0.1, 0.15) is 11.6 Å². The first-order valence-corrected chi connectivity index (χ1v) is 5.79. The average molecular weight is 254 g/mol. The second-order valence-electron chi connectivity index (χ2n) is 3.28. The largest absolute Gasteiger partial charge is 0.481 e. The monoisotopic (exact) mass is 254 g/mol. The molecule has 0 unspecified atom stereocenters. The second kappa shape index (κ2) is 5.00. The first-order chi connectivity index (χ1) is 8.16. The van der Waals surface area contributed by atoms with Crippen molar-refractivity contribution in [1.82, 2.24) is 19.9 Å². The number of aliphatic carboxylic acids is 1. The van der Waals surface area contributed by atoms with Crippen molar-refractivity contribution in [1.29, 1.82) is 0 Å². The molecule has 0 radical (unpaired) electrons. The highest BCUT2D eigenvalue weighted by molar-refractivity contribution is 7.99. The summed E-state index contributed by atoms with van der Waals surface area (Å²) < 4.78 is 6.78. The predicted octanol–water partition coefficient (Wildman–Crippen LogP) is 0.800. The fourth-order valence-corrected chi connectivity index (χ4v) is 1.96. The molecule has 7 nitrogen and oxygen atoms in total. The van der Waals surface area contributed by atoms with Crippen molar-refractivity contribution in [2.24, 2.45) is 0 Å². The lowest BCUT2D eigenvalue weighted by molar-refractivity contribution is -0.133. The zero-order valence-electron chi connectivity index (χ0n) is 9.03. The summed E-state index contributed by atoms with van der Waals surface area (Å²) in [6, 6.07) is 1.74. The van der Waals surface area contributed by atoms with Gasteiger partial charge in [0.2, 0.25) is 0 Å². The SMILES string of the molecule is Cc1nnc(SCC(=O)O)n1Cc1ccno1. The summed E-state index contributed by atoms with van der Waals surface area (Å²) in [4.78, 5) is 10.5. The standard InChI is InChI=1S/C9H10N4O3S/c1-6-11-12-9(17-5-8(14)15)13(6)4-7-2-3-10-16-7/h2-3H,4-5H2,1H3,(H,14,15). The smallest absolute Gasteiger partial charge is 0.313 e. The summed E-state index contributed by atoms with van der Waals surface area (Å²) in [6.07, 6.45) is 1.55. The van der Waals surface area contributed by atoms with Crippen LogP contribution >= 0.6 is 11.8 Å². The van der Waals surface area contributed by atoms with E-state index in [0.717, 1.165) is 11.8 Å². The maximum atomic E-state index is 10.5. The van der Waals surface area contributed by atoms with Crippen LogP contribution in [0.25, 0.3) is 0 Å². The van der Waals surface area contributed by atoms with Crippen LogP contribution in [0.4, 0.5) is 0 Å². The van der Waals surface area contributed by atoms with Crippen LogP contribution in [0.3, 0.4) is 0 Å². The van der Waals surface area contributed by atoms with E-state index in [1.807, 2.05) is 0 Å². The maximum absolute atomic E-state index is 10.5. The highest BCUT2D eigenvalue weighted by Crippen LogP contribution is 2.17. The molecule has 0 spiro atoms. The summed E-state index contributed by atoms with van der Waals surface area (Å²) in [5.74, 6) is 0.440. The van der Waals surface area contributed by atoms with Gasteiger partial charge in [-0.1, -0.05) is 16.9 Å². The van der Waals surface area contributed by atoms with Crippen molar-refractivity contribution in [3.05, 3.63) is 23.8 Å². The molecule has 0 aromatic carbocycles. The van der Waals surface area contributed by atoms with Crippen LogP contribution in [-0.2, 0) is 11.3 Å². The van der Waals surface area contributed by atoms with Crippen molar-refractivity contribution < 1.29 is 14.4 Å². The number of aromatic nitrogens is 4. The fourth-order valence-electron chi connectivity index (χ4n) is 1.26. The Kier molecular flexibility index (Phi) is 3.43. The van der Waals surface area contributed by atoms with Crippen LogP contribution in [0, 0.1) is 6.92 Å². The molecule has 8 heteroatoms. The van der Waals surface area contributed by atoms with Crippen molar-refractivity contribution in [2.45, 2.75) is 18.6 Å². The second-order valence-corrected chi connectivity index (χ2v) is 4.22. The predicted molar refractivity (Wildman–Crippen MR) is 58.7 cm³/mol. The Bertz CT molecular complexity index is 508. The Morgan fingerprint density at radius 3 is 3.06 bits per heavy atom. The van der Waals surface area contributed by atoms with Crippen LogP contribution in [-0.4, -0.2) is 36.7 Å². The van der Waals surface area contributed by atoms with E-state index in [9.17, 15) is 4.79 Å². The fraction of sp³-hybridized carbons (Fsp3) is 0.333. The van der Waals surface area contributed by atoms with E-state index in [1.54, 1.807) is 23.8 Å². The van der Waals surface area contributed by atoms with Gasteiger partial charge in [-0.2, -0.15) is 0 Å². The molecule has 0 aliphatic heterocycles. The van der Waals surface area contributed by atoms with Gasteiger partial charge in [-0.05, 0) is 6.92 Å². The van der Waals surface area contributed by atoms with Crippen molar-refractivity contribution >= 4 is 17.7 Å². The third-order valence-corrected chi connectivity index (χ3v) is 2.98. The van der Waals surface area contributed by atoms with Crippen molar-refractivity contribution in [3.8, 4) is 0 Å². The average Bonchev–Trinajstić information content (AvgIpc) is 2.89. The van der Waals surface area contributed by atoms with E-state index in [2.05, 4.69) is 15.4 Å². The van der Waals surface area contributed by atoms with Gasteiger partial charge in [-0.25, -0.2) is 0 Å². The molecule has 17 heavy (non-hydrogen) atoms. The van der Waals surface area contributed by atoms with Gasteiger partial charge < -0.3 is 9.63 Å². The number of hydrogen-bond donors (Lipinski definition) is 1. The van der Waals surface area contributed by atoms with E-state index in [4.69, 9.17) is 9.63 Å². The maximum Gasteiger partial charge on any atom is 0.313 e. The number of thioether (sulfide) groups is 1. The number of rotatable bonds is 5. The normalized spacial score (nSPS) is 10.6. The van der Waals surface area contributed by atoms with E-state index < -0.39 is 5.97 Å². The summed E-state index contributed by atoms with van der Waals surface area (Å²) >= 11 is 1.13. The zero-order chi connectivity index (χ0) is 12.3. The third kappa shape index (κ3) is 2.84. The van der Waals surface area contributed by atoms with Gasteiger partial charge in [-0.15, -0.1) is 10.2 Å². The molecule has 0 atom stereocenters. The number of carboxylic acid groups (broad SMARTS) is 1. The van der Waals surface area contributed by atoms with Crippen LogP contribution in [0.2, 0.25) is 0 Å². The van der Waals surface area contributed by atoms with E-state index in [-0.39, 0.29) is 5.75 Å². The molecule has 2 aromatic rings. The highest BCUT2D eigenvalue weighted by atomic mass is 32.2. The summed E-state index contributed by atoms with van der Waals surface area (Å²) in [5, 5.41) is 20.6. The van der Waals surface area contributed by atoms with E-state index in [1.165, 1.54) is 0 Å². The first kappa shape index (κ1) is 11.6. The van der Waals surface area contributed by atoms with Gasteiger partial charge in [0.1, 0.15) is 5.82 Å². The molecule has 0 amide bonds. The van der Waals surface area contributed by atoms with Gasteiger partial charge in [-0.3, -0.25) is 9.36 Å². The number of nitrogens with zero attached hydrogens (tertiary/aromatic N) is 4. The van der Waals surface area contributed by atoms with Gasteiger partial charge in [0.15, 0.2) is 10.9 Å². The van der Waals surface area contributed by atoms with Crippen molar-refractivity contribution in [3.63, 3.8) is 0 Å². The Hall–Kier alpha value is -1.83. The Morgan fingerprint density at radius 1 is 1.59 bits per heavy atom. The molecule has 2 rings (SSSR count). The first-order valence-electron chi connectivity index (χ1n) is 4.81. The molecule has 0 bridgehead atoms. The van der Waals surface area contributed by atoms with E-state index in [0.29, 0.717) is 23.3 Å². The van der Waals surface area contributed by atoms with Crippen LogP contribution in [0.15, 0.2) is 21.9 Å².